The Labute approximate surface area is 156 Å². The molecule has 0 fully saturated rings. The summed E-state index contributed by atoms with van der Waals surface area (Å²) in [6.07, 6.45) is 2.21. The predicted octanol–water partition coefficient (Wildman–Crippen LogP) is 5.11. The molecule has 26 heavy (non-hydrogen) atoms. The number of fused-ring (bicyclic) bond motifs is 1. The van der Waals surface area contributed by atoms with Crippen LogP contribution < -0.4 is 4.74 Å². The monoisotopic (exact) mass is 348 g/mol. The maximum Gasteiger partial charge on any atom is 0.217 e. The molecule has 1 heterocycles. The summed E-state index contributed by atoms with van der Waals surface area (Å²) in [5, 5.41) is 1.16. The molecular formula is C23H28N2O. The van der Waals surface area contributed by atoms with E-state index in [0.29, 0.717) is 0 Å². The van der Waals surface area contributed by atoms with Gasteiger partial charge in [-0.1, -0.05) is 55.5 Å². The Morgan fingerprint density at radius 1 is 1.04 bits per heavy atom. The average Bonchev–Trinajstić information content (AvgIpc) is 2.70. The van der Waals surface area contributed by atoms with Crippen molar-refractivity contribution < 1.29 is 4.74 Å². The number of nitrogens with zero attached hydrogens (tertiary/aromatic N) is 2. The Bertz CT molecular complexity index is 832. The SMILES string of the molecule is CCN(C)CCCC(c1ccccc1)c1cc2ccccc2nc1OC. The number of aromatic nitrogens is 1. The zero-order chi connectivity index (χ0) is 18.4. The molecule has 0 spiro atoms. The van der Waals surface area contributed by atoms with Crippen molar-refractivity contribution in [1.29, 1.82) is 0 Å². The second-order valence-electron chi connectivity index (χ2n) is 6.78. The highest BCUT2D eigenvalue weighted by Crippen LogP contribution is 2.36. The highest BCUT2D eigenvalue weighted by Gasteiger charge is 2.20. The van der Waals surface area contributed by atoms with Crippen LogP contribution >= 0.6 is 0 Å². The molecule has 0 aliphatic carbocycles. The molecule has 3 aromatic rings. The van der Waals surface area contributed by atoms with Crippen LogP contribution in [0.1, 0.15) is 36.8 Å². The third kappa shape index (κ3) is 4.23. The van der Waals surface area contributed by atoms with Gasteiger partial charge in [0.1, 0.15) is 0 Å². The van der Waals surface area contributed by atoms with Crippen molar-refractivity contribution in [3.05, 3.63) is 71.8 Å². The van der Waals surface area contributed by atoms with E-state index in [9.17, 15) is 0 Å². The quantitative estimate of drug-likeness (QED) is 0.566. The Balaban J connectivity index is 1.99. The number of rotatable bonds is 8. The van der Waals surface area contributed by atoms with Gasteiger partial charge in [-0.05, 0) is 50.7 Å². The fraction of sp³-hybridized carbons (Fsp3) is 0.348. The van der Waals surface area contributed by atoms with Crippen LogP contribution in [-0.2, 0) is 0 Å². The number of ether oxygens (including phenoxy) is 1. The molecule has 1 atom stereocenters. The van der Waals surface area contributed by atoms with Gasteiger partial charge in [0.15, 0.2) is 0 Å². The number of hydrogen-bond acceptors (Lipinski definition) is 3. The first-order valence-electron chi connectivity index (χ1n) is 9.40. The molecule has 3 nitrogen and oxygen atoms in total. The number of para-hydroxylation sites is 1. The van der Waals surface area contributed by atoms with Crippen molar-refractivity contribution in [2.75, 3.05) is 27.2 Å². The molecule has 0 saturated carbocycles. The maximum atomic E-state index is 5.68. The molecule has 2 aromatic carbocycles. The van der Waals surface area contributed by atoms with Gasteiger partial charge in [0.05, 0.1) is 12.6 Å². The summed E-state index contributed by atoms with van der Waals surface area (Å²) in [6, 6.07) is 21.2. The van der Waals surface area contributed by atoms with Crippen LogP contribution in [0.15, 0.2) is 60.7 Å². The molecule has 1 aromatic heterocycles. The Hall–Kier alpha value is -2.39. The molecule has 3 rings (SSSR count). The van der Waals surface area contributed by atoms with Crippen LogP contribution in [0.4, 0.5) is 0 Å². The van der Waals surface area contributed by atoms with Crippen molar-refractivity contribution in [1.82, 2.24) is 9.88 Å². The predicted molar refractivity (Wildman–Crippen MR) is 109 cm³/mol. The summed E-state index contributed by atoms with van der Waals surface area (Å²) in [5.74, 6) is 1.02. The summed E-state index contributed by atoms with van der Waals surface area (Å²) < 4.78 is 5.68. The van der Waals surface area contributed by atoms with Gasteiger partial charge in [0, 0.05) is 16.9 Å². The Morgan fingerprint density at radius 2 is 1.77 bits per heavy atom. The van der Waals surface area contributed by atoms with E-state index in [0.717, 1.165) is 42.7 Å². The topological polar surface area (TPSA) is 25.4 Å². The fourth-order valence-electron chi connectivity index (χ4n) is 3.44. The lowest BCUT2D eigenvalue weighted by Gasteiger charge is -2.22. The first-order valence-corrected chi connectivity index (χ1v) is 9.40. The molecule has 136 valence electrons. The van der Waals surface area contributed by atoms with Crippen LogP contribution in [0, 0.1) is 0 Å². The van der Waals surface area contributed by atoms with E-state index in [-0.39, 0.29) is 5.92 Å². The Morgan fingerprint density at radius 3 is 2.50 bits per heavy atom. The van der Waals surface area contributed by atoms with Crippen molar-refractivity contribution in [3.8, 4) is 5.88 Å². The molecule has 0 N–H and O–H groups in total. The van der Waals surface area contributed by atoms with Crippen LogP contribution in [0.5, 0.6) is 5.88 Å². The summed E-state index contributed by atoms with van der Waals surface area (Å²) in [7, 11) is 3.89. The molecule has 0 bridgehead atoms. The van der Waals surface area contributed by atoms with Crippen LogP contribution in [0.25, 0.3) is 10.9 Å². The normalized spacial score (nSPS) is 12.5. The zero-order valence-corrected chi connectivity index (χ0v) is 16.0. The molecule has 1 unspecified atom stereocenters. The molecule has 0 saturated heterocycles. The maximum absolute atomic E-state index is 5.68. The largest absolute Gasteiger partial charge is 0.481 e. The average molecular weight is 348 g/mol. The van der Waals surface area contributed by atoms with Crippen molar-refractivity contribution >= 4 is 10.9 Å². The van der Waals surface area contributed by atoms with E-state index in [1.165, 1.54) is 11.1 Å². The van der Waals surface area contributed by atoms with E-state index >= 15 is 0 Å². The first kappa shape index (κ1) is 18.4. The standard InChI is InChI=1S/C23H28N2O/c1-4-25(2)16-10-14-20(18-11-6-5-7-12-18)21-17-19-13-8-9-15-22(19)24-23(21)26-3/h5-9,11-13,15,17,20H,4,10,14,16H2,1-3H3. The number of benzene rings is 2. The van der Waals surface area contributed by atoms with Crippen molar-refractivity contribution in [2.24, 2.45) is 0 Å². The molecule has 0 amide bonds. The minimum absolute atomic E-state index is 0.286. The van der Waals surface area contributed by atoms with Gasteiger partial charge in [-0.25, -0.2) is 4.98 Å². The second-order valence-corrected chi connectivity index (χ2v) is 6.78. The summed E-state index contributed by atoms with van der Waals surface area (Å²) in [6.45, 7) is 4.38. The third-order valence-electron chi connectivity index (χ3n) is 5.06. The minimum Gasteiger partial charge on any atom is -0.481 e. The number of hydrogen-bond donors (Lipinski definition) is 0. The summed E-state index contributed by atoms with van der Waals surface area (Å²) >= 11 is 0. The first-order chi connectivity index (χ1) is 12.7. The van der Waals surface area contributed by atoms with Gasteiger partial charge < -0.3 is 9.64 Å². The van der Waals surface area contributed by atoms with E-state index in [2.05, 4.69) is 67.4 Å². The van der Waals surface area contributed by atoms with Gasteiger partial charge in [-0.15, -0.1) is 0 Å². The van der Waals surface area contributed by atoms with Crippen molar-refractivity contribution in [3.63, 3.8) is 0 Å². The van der Waals surface area contributed by atoms with Gasteiger partial charge in [-0.3, -0.25) is 0 Å². The van der Waals surface area contributed by atoms with Gasteiger partial charge in [0.2, 0.25) is 5.88 Å². The molecular weight excluding hydrogens is 320 g/mol. The molecule has 0 aliphatic rings. The van der Waals surface area contributed by atoms with E-state index in [4.69, 9.17) is 9.72 Å². The van der Waals surface area contributed by atoms with E-state index < -0.39 is 0 Å². The highest BCUT2D eigenvalue weighted by molar-refractivity contribution is 5.80. The van der Waals surface area contributed by atoms with Gasteiger partial charge in [0.25, 0.3) is 0 Å². The number of pyridine rings is 1. The lowest BCUT2D eigenvalue weighted by Crippen LogP contribution is -2.19. The van der Waals surface area contributed by atoms with E-state index in [1.54, 1.807) is 7.11 Å². The van der Waals surface area contributed by atoms with Crippen LogP contribution in [-0.4, -0.2) is 37.1 Å². The highest BCUT2D eigenvalue weighted by atomic mass is 16.5. The number of methoxy groups -OCH3 is 1. The van der Waals surface area contributed by atoms with Crippen LogP contribution in [0.3, 0.4) is 0 Å². The molecule has 0 radical (unpaired) electrons. The lowest BCUT2D eigenvalue weighted by atomic mass is 9.87. The zero-order valence-electron chi connectivity index (χ0n) is 16.0. The van der Waals surface area contributed by atoms with Crippen molar-refractivity contribution in [2.45, 2.75) is 25.7 Å². The minimum atomic E-state index is 0.286. The molecule has 3 heteroatoms. The fourth-order valence-corrected chi connectivity index (χ4v) is 3.44. The summed E-state index contributed by atoms with van der Waals surface area (Å²) in [5.41, 5.74) is 3.48. The summed E-state index contributed by atoms with van der Waals surface area (Å²) in [4.78, 5) is 7.13. The third-order valence-corrected chi connectivity index (χ3v) is 5.06. The lowest BCUT2D eigenvalue weighted by molar-refractivity contribution is 0.338. The second kappa shape index (κ2) is 8.81. The van der Waals surface area contributed by atoms with Gasteiger partial charge in [-0.2, -0.15) is 0 Å². The molecule has 0 aliphatic heterocycles. The van der Waals surface area contributed by atoms with Gasteiger partial charge >= 0.3 is 0 Å². The Kier molecular flexibility index (Phi) is 6.24. The smallest absolute Gasteiger partial charge is 0.217 e. The van der Waals surface area contributed by atoms with E-state index in [1.807, 2.05) is 12.1 Å². The van der Waals surface area contributed by atoms with Crippen LogP contribution in [0.2, 0.25) is 0 Å².